The first-order valence-corrected chi connectivity index (χ1v) is 11.1. The third-order valence-electron chi connectivity index (χ3n) is 5.09. The van der Waals surface area contributed by atoms with Gasteiger partial charge in [-0.25, -0.2) is 0 Å². The molecule has 1 amide bonds. The molecule has 0 saturated carbocycles. The summed E-state index contributed by atoms with van der Waals surface area (Å²) < 4.78 is 1.79. The number of rotatable bonds is 4. The van der Waals surface area contributed by atoms with E-state index in [0.29, 0.717) is 5.56 Å². The summed E-state index contributed by atoms with van der Waals surface area (Å²) >= 11 is 6.84. The average molecular weight is 451 g/mol. The quantitative estimate of drug-likeness (QED) is 0.447. The molecule has 0 bridgehead atoms. The van der Waals surface area contributed by atoms with E-state index in [9.17, 15) is 4.79 Å². The molecule has 9 heteroatoms. The lowest BCUT2D eigenvalue weighted by Gasteiger charge is -2.13. The lowest BCUT2D eigenvalue weighted by Crippen LogP contribution is -2.34. The predicted octanol–water partition coefficient (Wildman–Crippen LogP) is 4.47. The second-order valence-electron chi connectivity index (χ2n) is 7.31. The van der Waals surface area contributed by atoms with Gasteiger partial charge < -0.3 is 5.32 Å². The molecule has 0 aliphatic rings. The number of carbonyl (C=O) groups excluding carboxylic acids is 1. The van der Waals surface area contributed by atoms with E-state index in [1.807, 2.05) is 58.0 Å². The van der Waals surface area contributed by atoms with Crippen molar-refractivity contribution in [1.29, 1.82) is 0 Å². The minimum Gasteiger partial charge on any atom is -0.332 e. The number of fused-ring (bicyclic) bond motifs is 1. The van der Waals surface area contributed by atoms with Gasteiger partial charge in [0.05, 0.1) is 0 Å². The Kier molecular flexibility index (Phi) is 5.79. The lowest BCUT2D eigenvalue weighted by molar-refractivity contribution is 0.0977. The van der Waals surface area contributed by atoms with E-state index in [2.05, 4.69) is 25.9 Å². The standard InChI is InChI=1S/C22H22N6OS2/c1-5-18-25-26-22-28(18)27-20(31-22)16-8-9-17(14(4)11-16)23-21(30)24-19(29)15-7-6-12(2)13(3)10-15/h6-11H,5H2,1-4H3,(H2,23,24,29,30). The van der Waals surface area contributed by atoms with Crippen molar-refractivity contribution >= 4 is 45.2 Å². The van der Waals surface area contributed by atoms with Gasteiger partial charge in [-0.05, 0) is 80.0 Å². The van der Waals surface area contributed by atoms with Crippen molar-refractivity contribution in [2.45, 2.75) is 34.1 Å². The summed E-state index contributed by atoms with van der Waals surface area (Å²) in [7, 11) is 0. The summed E-state index contributed by atoms with van der Waals surface area (Å²) in [5, 5.41) is 19.9. The van der Waals surface area contributed by atoms with Gasteiger partial charge >= 0.3 is 0 Å². The highest BCUT2D eigenvalue weighted by Crippen LogP contribution is 2.28. The molecule has 2 N–H and O–H groups in total. The van der Waals surface area contributed by atoms with E-state index in [-0.39, 0.29) is 11.0 Å². The SMILES string of the molecule is CCc1nnc2sc(-c3ccc(NC(=S)NC(=O)c4ccc(C)c(C)c4)c(C)c3)nn12. The summed E-state index contributed by atoms with van der Waals surface area (Å²) in [5.74, 6) is 0.610. The number of thiocarbonyl (C=S) groups is 1. The largest absolute Gasteiger partial charge is 0.332 e. The third kappa shape index (κ3) is 4.33. The lowest BCUT2D eigenvalue weighted by atomic mass is 10.1. The number of hydrogen-bond acceptors (Lipinski definition) is 6. The molecule has 7 nitrogen and oxygen atoms in total. The first-order valence-electron chi connectivity index (χ1n) is 9.87. The number of hydrogen-bond donors (Lipinski definition) is 2. The molecule has 2 aromatic heterocycles. The van der Waals surface area contributed by atoms with Gasteiger partial charge in [0.2, 0.25) is 4.96 Å². The van der Waals surface area contributed by atoms with E-state index in [1.54, 1.807) is 10.6 Å². The molecule has 2 heterocycles. The second kappa shape index (κ2) is 8.52. The van der Waals surface area contributed by atoms with Crippen LogP contribution in [0, 0.1) is 20.8 Å². The maximum atomic E-state index is 12.5. The van der Waals surface area contributed by atoms with Gasteiger partial charge in [0.25, 0.3) is 5.91 Å². The molecule has 0 fully saturated rings. The smallest absolute Gasteiger partial charge is 0.257 e. The van der Waals surface area contributed by atoms with Crippen LogP contribution in [0.15, 0.2) is 36.4 Å². The Morgan fingerprint density at radius 1 is 1.06 bits per heavy atom. The minimum absolute atomic E-state index is 0.235. The Morgan fingerprint density at radius 2 is 1.87 bits per heavy atom. The molecule has 158 valence electrons. The molecular weight excluding hydrogens is 428 g/mol. The third-order valence-corrected chi connectivity index (χ3v) is 6.24. The fraction of sp³-hybridized carbons (Fsp3) is 0.227. The van der Waals surface area contributed by atoms with Crippen molar-refractivity contribution in [2.75, 3.05) is 5.32 Å². The fourth-order valence-corrected chi connectivity index (χ4v) is 4.20. The van der Waals surface area contributed by atoms with Crippen molar-refractivity contribution in [2.24, 2.45) is 0 Å². The Bertz CT molecular complexity index is 1310. The van der Waals surface area contributed by atoms with Crippen LogP contribution in [0.4, 0.5) is 5.69 Å². The van der Waals surface area contributed by atoms with Crippen LogP contribution in [0.2, 0.25) is 0 Å². The number of anilines is 1. The number of aromatic nitrogens is 4. The van der Waals surface area contributed by atoms with Crippen LogP contribution in [0.3, 0.4) is 0 Å². The molecule has 31 heavy (non-hydrogen) atoms. The van der Waals surface area contributed by atoms with Crippen molar-refractivity contribution in [1.82, 2.24) is 25.1 Å². The first kappa shape index (κ1) is 21.1. The van der Waals surface area contributed by atoms with Crippen LogP contribution in [0.25, 0.3) is 15.5 Å². The van der Waals surface area contributed by atoms with Crippen molar-refractivity contribution in [3.8, 4) is 10.6 Å². The van der Waals surface area contributed by atoms with Crippen LogP contribution in [0.5, 0.6) is 0 Å². The summed E-state index contributed by atoms with van der Waals surface area (Å²) in [6.45, 7) is 8.01. The number of amides is 1. The molecule has 0 saturated heterocycles. The van der Waals surface area contributed by atoms with E-state index in [0.717, 1.165) is 50.2 Å². The number of nitrogens with one attached hydrogen (secondary N) is 2. The zero-order valence-electron chi connectivity index (χ0n) is 17.7. The number of benzene rings is 2. The highest BCUT2D eigenvalue weighted by atomic mass is 32.1. The van der Waals surface area contributed by atoms with Crippen LogP contribution in [-0.4, -0.2) is 30.8 Å². The average Bonchev–Trinajstić information content (AvgIpc) is 3.32. The number of nitrogens with zero attached hydrogens (tertiary/aromatic N) is 4. The van der Waals surface area contributed by atoms with Crippen molar-refractivity contribution in [3.63, 3.8) is 0 Å². The molecule has 4 aromatic rings. The van der Waals surface area contributed by atoms with Gasteiger partial charge in [-0.1, -0.05) is 24.3 Å². The van der Waals surface area contributed by atoms with Crippen LogP contribution >= 0.6 is 23.6 Å². The van der Waals surface area contributed by atoms with E-state index >= 15 is 0 Å². The molecule has 0 atom stereocenters. The molecule has 0 spiro atoms. The Balaban J connectivity index is 1.47. The molecule has 0 aliphatic carbocycles. The summed E-state index contributed by atoms with van der Waals surface area (Å²) in [4.78, 5) is 13.3. The Hall–Kier alpha value is -3.17. The zero-order valence-corrected chi connectivity index (χ0v) is 19.3. The van der Waals surface area contributed by atoms with E-state index in [4.69, 9.17) is 12.2 Å². The second-order valence-corrected chi connectivity index (χ2v) is 8.67. The number of carbonyl (C=O) groups is 1. The van der Waals surface area contributed by atoms with Gasteiger partial charge in [-0.15, -0.1) is 10.2 Å². The van der Waals surface area contributed by atoms with Gasteiger partial charge in [0.1, 0.15) is 5.01 Å². The van der Waals surface area contributed by atoms with Crippen molar-refractivity contribution in [3.05, 3.63) is 64.5 Å². The van der Waals surface area contributed by atoms with Crippen LogP contribution in [0.1, 0.15) is 39.8 Å². The van der Waals surface area contributed by atoms with Gasteiger partial charge in [0, 0.05) is 23.2 Å². The Morgan fingerprint density at radius 3 is 2.58 bits per heavy atom. The summed E-state index contributed by atoms with van der Waals surface area (Å²) in [6.07, 6.45) is 0.775. The summed E-state index contributed by atoms with van der Waals surface area (Å²) in [5.41, 5.74) is 5.59. The van der Waals surface area contributed by atoms with Crippen LogP contribution in [-0.2, 0) is 6.42 Å². The predicted molar refractivity (Wildman–Crippen MR) is 128 cm³/mol. The number of aryl methyl sites for hydroxylation is 4. The Labute approximate surface area is 189 Å². The maximum Gasteiger partial charge on any atom is 0.257 e. The fourth-order valence-electron chi connectivity index (χ4n) is 3.14. The van der Waals surface area contributed by atoms with E-state index < -0.39 is 0 Å². The zero-order chi connectivity index (χ0) is 22.1. The van der Waals surface area contributed by atoms with E-state index in [1.165, 1.54) is 11.3 Å². The van der Waals surface area contributed by atoms with Crippen LogP contribution < -0.4 is 10.6 Å². The molecule has 0 aliphatic heterocycles. The monoisotopic (exact) mass is 450 g/mol. The molecule has 2 aromatic carbocycles. The molecule has 0 unspecified atom stereocenters. The molecular formula is C22H22N6OS2. The van der Waals surface area contributed by atoms with Gasteiger partial charge in [-0.2, -0.15) is 9.61 Å². The molecule has 4 rings (SSSR count). The normalized spacial score (nSPS) is 11.0. The maximum absolute atomic E-state index is 12.5. The van der Waals surface area contributed by atoms with Crippen molar-refractivity contribution < 1.29 is 4.79 Å². The topological polar surface area (TPSA) is 84.2 Å². The highest BCUT2D eigenvalue weighted by molar-refractivity contribution is 7.80. The van der Waals surface area contributed by atoms with Gasteiger partial charge in [-0.3, -0.25) is 10.1 Å². The highest BCUT2D eigenvalue weighted by Gasteiger charge is 2.14. The first-order chi connectivity index (χ1) is 14.9. The minimum atomic E-state index is -0.235. The summed E-state index contributed by atoms with van der Waals surface area (Å²) in [6, 6.07) is 11.5. The molecule has 0 radical (unpaired) electrons. The van der Waals surface area contributed by atoms with Gasteiger partial charge in [0.15, 0.2) is 10.9 Å².